The number of carboxylic acid groups (broad SMARTS) is 1. The predicted octanol–water partition coefficient (Wildman–Crippen LogP) is 3.26. The first-order chi connectivity index (χ1) is 10.2. The molecule has 0 aliphatic carbocycles. The van der Waals surface area contributed by atoms with Crippen molar-refractivity contribution in [2.75, 3.05) is 0 Å². The van der Waals surface area contributed by atoms with Gasteiger partial charge in [-0.15, -0.1) is 10.2 Å². The molecule has 2 aromatic heterocycles. The minimum atomic E-state index is -1.00. The van der Waals surface area contributed by atoms with Crippen LogP contribution in [-0.2, 0) is 6.42 Å². The Labute approximate surface area is 120 Å². The Hall–Kier alpha value is -2.89. The lowest BCUT2D eigenvalue weighted by atomic mass is 10.1. The van der Waals surface area contributed by atoms with E-state index in [1.54, 1.807) is 18.2 Å². The van der Waals surface area contributed by atoms with Crippen molar-refractivity contribution in [3.05, 3.63) is 47.7 Å². The van der Waals surface area contributed by atoms with Gasteiger partial charge in [-0.05, 0) is 30.3 Å². The molecule has 0 unspecified atom stereocenters. The fourth-order valence-corrected chi connectivity index (χ4v) is 1.91. The van der Waals surface area contributed by atoms with Gasteiger partial charge in [0.15, 0.2) is 5.76 Å². The highest BCUT2D eigenvalue weighted by molar-refractivity contribution is 5.88. The zero-order valence-corrected chi connectivity index (χ0v) is 11.2. The maximum Gasteiger partial charge on any atom is 0.335 e. The number of hydrogen-bond acceptors (Lipinski definition) is 5. The Kier molecular flexibility index (Phi) is 3.27. The SMILES string of the molecule is CCc1ccc(-c2nnc(-c3cccc(C(=O)O)c3)o2)o1. The topological polar surface area (TPSA) is 89.4 Å². The van der Waals surface area contributed by atoms with E-state index in [0.717, 1.165) is 12.2 Å². The van der Waals surface area contributed by atoms with Crippen LogP contribution in [0.3, 0.4) is 0 Å². The van der Waals surface area contributed by atoms with Crippen molar-refractivity contribution in [3.8, 4) is 23.1 Å². The molecule has 3 rings (SSSR count). The Morgan fingerprint density at radius 3 is 2.67 bits per heavy atom. The molecular weight excluding hydrogens is 272 g/mol. The van der Waals surface area contributed by atoms with Crippen LogP contribution in [0.5, 0.6) is 0 Å². The van der Waals surface area contributed by atoms with Gasteiger partial charge in [-0.25, -0.2) is 4.79 Å². The zero-order valence-electron chi connectivity index (χ0n) is 11.2. The predicted molar refractivity (Wildman–Crippen MR) is 73.8 cm³/mol. The van der Waals surface area contributed by atoms with E-state index in [9.17, 15) is 4.79 Å². The number of hydrogen-bond donors (Lipinski definition) is 1. The van der Waals surface area contributed by atoms with Gasteiger partial charge in [0, 0.05) is 12.0 Å². The first-order valence-corrected chi connectivity index (χ1v) is 6.43. The molecule has 0 amide bonds. The zero-order chi connectivity index (χ0) is 14.8. The fourth-order valence-electron chi connectivity index (χ4n) is 1.91. The lowest BCUT2D eigenvalue weighted by Gasteiger charge is -1.97. The first-order valence-electron chi connectivity index (χ1n) is 6.43. The minimum absolute atomic E-state index is 0.165. The summed E-state index contributed by atoms with van der Waals surface area (Å²) in [6, 6.07) is 9.95. The highest BCUT2D eigenvalue weighted by Gasteiger charge is 2.14. The van der Waals surface area contributed by atoms with Crippen LogP contribution < -0.4 is 0 Å². The van der Waals surface area contributed by atoms with Crippen LogP contribution in [0, 0.1) is 0 Å². The van der Waals surface area contributed by atoms with Crippen LogP contribution in [-0.4, -0.2) is 21.3 Å². The maximum atomic E-state index is 11.0. The van der Waals surface area contributed by atoms with Gasteiger partial charge in [-0.2, -0.15) is 0 Å². The lowest BCUT2D eigenvalue weighted by Crippen LogP contribution is -1.95. The van der Waals surface area contributed by atoms with Gasteiger partial charge in [0.05, 0.1) is 5.56 Å². The molecule has 0 saturated carbocycles. The van der Waals surface area contributed by atoms with Crippen LogP contribution in [0.1, 0.15) is 23.0 Å². The van der Waals surface area contributed by atoms with Gasteiger partial charge in [-0.1, -0.05) is 13.0 Å². The van der Waals surface area contributed by atoms with E-state index in [1.807, 2.05) is 13.0 Å². The second kappa shape index (κ2) is 5.24. The van der Waals surface area contributed by atoms with E-state index < -0.39 is 5.97 Å². The minimum Gasteiger partial charge on any atom is -0.478 e. The fraction of sp³-hybridized carbons (Fsp3) is 0.133. The summed E-state index contributed by atoms with van der Waals surface area (Å²) in [5.74, 6) is 0.848. The second-order valence-electron chi connectivity index (χ2n) is 4.42. The number of aryl methyl sites for hydroxylation is 1. The van der Waals surface area contributed by atoms with Crippen molar-refractivity contribution in [1.82, 2.24) is 10.2 Å². The molecule has 0 atom stereocenters. The third-order valence-corrected chi connectivity index (χ3v) is 3.00. The summed E-state index contributed by atoms with van der Waals surface area (Å²) >= 11 is 0. The highest BCUT2D eigenvalue weighted by Crippen LogP contribution is 2.26. The normalized spacial score (nSPS) is 10.7. The monoisotopic (exact) mass is 284 g/mol. The quantitative estimate of drug-likeness (QED) is 0.790. The third-order valence-electron chi connectivity index (χ3n) is 3.00. The van der Waals surface area contributed by atoms with Gasteiger partial charge < -0.3 is 13.9 Å². The molecular formula is C15H12N2O4. The van der Waals surface area contributed by atoms with E-state index in [4.69, 9.17) is 13.9 Å². The Morgan fingerprint density at radius 1 is 1.14 bits per heavy atom. The smallest absolute Gasteiger partial charge is 0.335 e. The van der Waals surface area contributed by atoms with Crippen LogP contribution in [0.25, 0.3) is 23.1 Å². The molecule has 106 valence electrons. The van der Waals surface area contributed by atoms with Gasteiger partial charge in [0.25, 0.3) is 5.89 Å². The Balaban J connectivity index is 1.94. The van der Waals surface area contributed by atoms with E-state index in [2.05, 4.69) is 10.2 Å². The summed E-state index contributed by atoms with van der Waals surface area (Å²) in [5, 5.41) is 16.8. The summed E-state index contributed by atoms with van der Waals surface area (Å²) in [7, 11) is 0. The standard InChI is InChI=1S/C15H12N2O4/c1-2-11-6-7-12(20-11)14-17-16-13(21-14)9-4-3-5-10(8-9)15(18)19/h3-8H,2H2,1H3,(H,18,19). The number of aromatic nitrogens is 2. The van der Waals surface area contributed by atoms with Crippen molar-refractivity contribution in [2.24, 2.45) is 0 Å². The van der Waals surface area contributed by atoms with E-state index in [1.165, 1.54) is 12.1 Å². The summed E-state index contributed by atoms with van der Waals surface area (Å²) in [4.78, 5) is 11.0. The highest BCUT2D eigenvalue weighted by atomic mass is 16.4. The summed E-state index contributed by atoms with van der Waals surface area (Å²) in [6.45, 7) is 1.99. The molecule has 0 fully saturated rings. The van der Waals surface area contributed by atoms with Crippen molar-refractivity contribution in [3.63, 3.8) is 0 Å². The lowest BCUT2D eigenvalue weighted by molar-refractivity contribution is 0.0697. The van der Waals surface area contributed by atoms with Crippen LogP contribution in [0.4, 0.5) is 0 Å². The molecule has 0 aliphatic heterocycles. The first kappa shape index (κ1) is 13.1. The van der Waals surface area contributed by atoms with Crippen LogP contribution >= 0.6 is 0 Å². The van der Waals surface area contributed by atoms with Crippen molar-refractivity contribution >= 4 is 5.97 Å². The van der Waals surface area contributed by atoms with Crippen molar-refractivity contribution in [1.29, 1.82) is 0 Å². The summed E-state index contributed by atoms with van der Waals surface area (Å²) < 4.78 is 11.1. The third kappa shape index (κ3) is 2.55. The molecule has 0 radical (unpaired) electrons. The average molecular weight is 284 g/mol. The Morgan fingerprint density at radius 2 is 1.95 bits per heavy atom. The summed E-state index contributed by atoms with van der Waals surface area (Å²) in [5.41, 5.74) is 0.717. The van der Waals surface area contributed by atoms with Gasteiger partial charge in [0.2, 0.25) is 5.89 Å². The second-order valence-corrected chi connectivity index (χ2v) is 4.42. The molecule has 0 spiro atoms. The number of carbonyl (C=O) groups is 1. The molecule has 0 bridgehead atoms. The van der Waals surface area contributed by atoms with E-state index in [-0.39, 0.29) is 17.3 Å². The number of benzene rings is 1. The molecule has 1 N–H and O–H groups in total. The van der Waals surface area contributed by atoms with E-state index >= 15 is 0 Å². The maximum absolute atomic E-state index is 11.0. The molecule has 6 heteroatoms. The van der Waals surface area contributed by atoms with Crippen LogP contribution in [0.15, 0.2) is 45.2 Å². The average Bonchev–Trinajstić information content (AvgIpc) is 3.16. The van der Waals surface area contributed by atoms with Crippen molar-refractivity contribution in [2.45, 2.75) is 13.3 Å². The molecule has 6 nitrogen and oxygen atoms in total. The van der Waals surface area contributed by atoms with Crippen molar-refractivity contribution < 1.29 is 18.7 Å². The number of furan rings is 1. The van der Waals surface area contributed by atoms with Crippen LogP contribution in [0.2, 0.25) is 0 Å². The van der Waals surface area contributed by atoms with Gasteiger partial charge in [-0.3, -0.25) is 0 Å². The largest absolute Gasteiger partial charge is 0.478 e. The Bertz CT molecular complexity index is 788. The molecule has 2 heterocycles. The molecule has 0 saturated heterocycles. The molecule has 3 aromatic rings. The number of carboxylic acids is 1. The van der Waals surface area contributed by atoms with Gasteiger partial charge >= 0.3 is 5.97 Å². The van der Waals surface area contributed by atoms with Gasteiger partial charge in [0.1, 0.15) is 5.76 Å². The van der Waals surface area contributed by atoms with E-state index in [0.29, 0.717) is 11.3 Å². The number of nitrogens with zero attached hydrogens (tertiary/aromatic N) is 2. The molecule has 1 aromatic carbocycles. The molecule has 21 heavy (non-hydrogen) atoms. The summed E-state index contributed by atoms with van der Waals surface area (Å²) in [6.07, 6.45) is 0.779. The molecule has 0 aliphatic rings. The number of rotatable bonds is 4. The number of aromatic carboxylic acids is 1.